The molecule has 0 bridgehead atoms. The number of amides is 1. The molecular formula is C18H19NO4. The zero-order valence-corrected chi connectivity index (χ0v) is 13.0. The molecule has 2 rings (SSSR count). The minimum atomic E-state index is -0.540. The van der Waals surface area contributed by atoms with Crippen molar-refractivity contribution in [3.63, 3.8) is 0 Å². The molecule has 5 heteroatoms. The Morgan fingerprint density at radius 2 is 1.70 bits per heavy atom. The molecule has 1 N–H and O–H groups in total. The third-order valence-corrected chi connectivity index (χ3v) is 3.04. The zero-order chi connectivity index (χ0) is 16.5. The van der Waals surface area contributed by atoms with Crippen LogP contribution in [0.1, 0.15) is 18.1 Å². The Kier molecular flexibility index (Phi) is 6.17. The van der Waals surface area contributed by atoms with Crippen LogP contribution in [0.25, 0.3) is 0 Å². The smallest absolute Gasteiger partial charge is 0.411 e. The second-order valence-electron chi connectivity index (χ2n) is 4.87. The van der Waals surface area contributed by atoms with Crippen molar-refractivity contribution < 1.29 is 19.1 Å². The summed E-state index contributed by atoms with van der Waals surface area (Å²) in [6.07, 6.45) is -0.371. The quantitative estimate of drug-likeness (QED) is 0.828. The second kappa shape index (κ2) is 8.58. The topological polar surface area (TPSA) is 64.6 Å². The monoisotopic (exact) mass is 313 g/mol. The van der Waals surface area contributed by atoms with E-state index in [9.17, 15) is 9.59 Å². The number of benzene rings is 2. The zero-order valence-electron chi connectivity index (χ0n) is 13.0. The van der Waals surface area contributed by atoms with Gasteiger partial charge in [-0.2, -0.15) is 0 Å². The highest BCUT2D eigenvalue weighted by molar-refractivity contribution is 5.85. The van der Waals surface area contributed by atoms with Gasteiger partial charge in [-0.15, -0.1) is 0 Å². The molecule has 0 aliphatic rings. The normalized spacial score (nSPS) is 9.96. The summed E-state index contributed by atoms with van der Waals surface area (Å²) in [6, 6.07) is 16.5. The average molecular weight is 313 g/mol. The lowest BCUT2D eigenvalue weighted by Crippen LogP contribution is -2.14. The van der Waals surface area contributed by atoms with E-state index < -0.39 is 6.09 Å². The van der Waals surface area contributed by atoms with Gasteiger partial charge in [0.25, 0.3) is 0 Å². The number of rotatable bonds is 6. The highest BCUT2D eigenvalue weighted by Gasteiger charge is 2.07. The van der Waals surface area contributed by atoms with E-state index in [2.05, 4.69) is 5.32 Å². The fourth-order valence-electron chi connectivity index (χ4n) is 2.01. The SMILES string of the molecule is CCOC(=O)Cc1cccc(NC(=O)OCc2ccccc2)c1. The third kappa shape index (κ3) is 5.82. The molecule has 0 radical (unpaired) electrons. The highest BCUT2D eigenvalue weighted by atomic mass is 16.5. The van der Waals surface area contributed by atoms with Crippen LogP contribution in [0.3, 0.4) is 0 Å². The van der Waals surface area contributed by atoms with Crippen LogP contribution in [-0.2, 0) is 27.3 Å². The first-order valence-electron chi connectivity index (χ1n) is 7.39. The predicted octanol–water partition coefficient (Wildman–Crippen LogP) is 3.54. The van der Waals surface area contributed by atoms with E-state index in [1.807, 2.05) is 30.3 Å². The van der Waals surface area contributed by atoms with Crippen LogP contribution in [0, 0.1) is 0 Å². The van der Waals surface area contributed by atoms with Gasteiger partial charge in [0, 0.05) is 5.69 Å². The predicted molar refractivity (Wildman–Crippen MR) is 87.0 cm³/mol. The Morgan fingerprint density at radius 3 is 2.43 bits per heavy atom. The van der Waals surface area contributed by atoms with Gasteiger partial charge in [-0.05, 0) is 30.2 Å². The third-order valence-electron chi connectivity index (χ3n) is 3.04. The number of anilines is 1. The van der Waals surface area contributed by atoms with Crippen LogP contribution in [0.2, 0.25) is 0 Å². The second-order valence-corrected chi connectivity index (χ2v) is 4.87. The molecule has 5 nitrogen and oxygen atoms in total. The van der Waals surface area contributed by atoms with Gasteiger partial charge >= 0.3 is 12.1 Å². The minimum Gasteiger partial charge on any atom is -0.466 e. The Hall–Kier alpha value is -2.82. The Labute approximate surface area is 135 Å². The van der Waals surface area contributed by atoms with Gasteiger partial charge in [0.1, 0.15) is 6.61 Å². The molecule has 23 heavy (non-hydrogen) atoms. The fourth-order valence-corrected chi connectivity index (χ4v) is 2.01. The summed E-state index contributed by atoms with van der Waals surface area (Å²) in [5, 5.41) is 2.64. The maximum Gasteiger partial charge on any atom is 0.411 e. The average Bonchev–Trinajstić information content (AvgIpc) is 2.54. The van der Waals surface area contributed by atoms with Crippen molar-refractivity contribution in [3.05, 3.63) is 65.7 Å². The maximum absolute atomic E-state index is 11.8. The van der Waals surface area contributed by atoms with Crippen molar-refractivity contribution in [3.8, 4) is 0 Å². The summed E-state index contributed by atoms with van der Waals surface area (Å²) in [4.78, 5) is 23.3. The molecular weight excluding hydrogens is 294 g/mol. The summed E-state index contributed by atoms with van der Waals surface area (Å²) < 4.78 is 10.1. The number of esters is 1. The van der Waals surface area contributed by atoms with Crippen LogP contribution in [0.5, 0.6) is 0 Å². The molecule has 0 aliphatic carbocycles. The first-order chi connectivity index (χ1) is 11.2. The largest absolute Gasteiger partial charge is 0.466 e. The fraction of sp³-hybridized carbons (Fsp3) is 0.222. The van der Waals surface area contributed by atoms with Crippen LogP contribution >= 0.6 is 0 Å². The van der Waals surface area contributed by atoms with Crippen LogP contribution < -0.4 is 5.32 Å². The van der Waals surface area contributed by atoms with Gasteiger partial charge in [-0.3, -0.25) is 10.1 Å². The van der Waals surface area contributed by atoms with Crippen LogP contribution in [0.15, 0.2) is 54.6 Å². The van der Waals surface area contributed by atoms with E-state index in [0.29, 0.717) is 12.3 Å². The number of hydrogen-bond acceptors (Lipinski definition) is 4. The van der Waals surface area contributed by atoms with Gasteiger partial charge in [-0.25, -0.2) is 4.79 Å². The number of carbonyl (C=O) groups excluding carboxylic acids is 2. The molecule has 0 unspecified atom stereocenters. The molecule has 120 valence electrons. The van der Waals surface area contributed by atoms with Crippen molar-refractivity contribution in [2.75, 3.05) is 11.9 Å². The summed E-state index contributed by atoms with van der Waals surface area (Å²) in [7, 11) is 0. The molecule has 0 aliphatic heterocycles. The summed E-state index contributed by atoms with van der Waals surface area (Å²) >= 11 is 0. The Bertz CT molecular complexity index is 655. The summed E-state index contributed by atoms with van der Waals surface area (Å²) in [5.74, 6) is -0.295. The first kappa shape index (κ1) is 16.5. The molecule has 0 aromatic heterocycles. The lowest BCUT2D eigenvalue weighted by atomic mass is 10.1. The van der Waals surface area contributed by atoms with Crippen molar-refractivity contribution in [2.24, 2.45) is 0 Å². The van der Waals surface area contributed by atoms with Gasteiger partial charge in [-0.1, -0.05) is 42.5 Å². The van der Waals surface area contributed by atoms with E-state index in [-0.39, 0.29) is 19.0 Å². The number of ether oxygens (including phenoxy) is 2. The molecule has 0 saturated carbocycles. The lowest BCUT2D eigenvalue weighted by Gasteiger charge is -2.08. The van der Waals surface area contributed by atoms with Crippen molar-refractivity contribution >= 4 is 17.7 Å². The molecule has 0 fully saturated rings. The van der Waals surface area contributed by atoms with Gasteiger partial charge < -0.3 is 9.47 Å². The molecule has 0 spiro atoms. The van der Waals surface area contributed by atoms with Crippen molar-refractivity contribution in [1.82, 2.24) is 0 Å². The standard InChI is InChI=1S/C18H19NO4/c1-2-22-17(20)12-15-9-6-10-16(11-15)19-18(21)23-13-14-7-4-3-5-8-14/h3-11H,2,12-13H2,1H3,(H,19,21). The molecule has 0 saturated heterocycles. The molecule has 0 atom stereocenters. The summed E-state index contributed by atoms with van der Waals surface area (Å²) in [5.41, 5.74) is 2.26. The molecule has 2 aromatic rings. The van der Waals surface area contributed by atoms with Crippen molar-refractivity contribution in [1.29, 1.82) is 0 Å². The van der Waals surface area contributed by atoms with E-state index in [0.717, 1.165) is 11.1 Å². The van der Waals surface area contributed by atoms with Crippen LogP contribution in [-0.4, -0.2) is 18.7 Å². The van der Waals surface area contributed by atoms with Crippen molar-refractivity contribution in [2.45, 2.75) is 20.0 Å². The van der Waals surface area contributed by atoms with Gasteiger partial charge in [0.05, 0.1) is 13.0 Å². The van der Waals surface area contributed by atoms with Gasteiger partial charge in [0.15, 0.2) is 0 Å². The lowest BCUT2D eigenvalue weighted by molar-refractivity contribution is -0.142. The number of carbonyl (C=O) groups is 2. The molecule has 1 amide bonds. The van der Waals surface area contributed by atoms with E-state index in [1.165, 1.54) is 0 Å². The Morgan fingerprint density at radius 1 is 0.957 bits per heavy atom. The van der Waals surface area contributed by atoms with E-state index in [1.54, 1.807) is 31.2 Å². The van der Waals surface area contributed by atoms with Crippen LogP contribution in [0.4, 0.5) is 10.5 Å². The summed E-state index contributed by atoms with van der Waals surface area (Å²) in [6.45, 7) is 2.32. The maximum atomic E-state index is 11.8. The number of hydrogen-bond donors (Lipinski definition) is 1. The minimum absolute atomic E-state index is 0.169. The first-order valence-corrected chi connectivity index (χ1v) is 7.39. The van der Waals surface area contributed by atoms with E-state index in [4.69, 9.17) is 9.47 Å². The number of nitrogens with one attached hydrogen (secondary N) is 1. The van der Waals surface area contributed by atoms with Gasteiger partial charge in [0.2, 0.25) is 0 Å². The Balaban J connectivity index is 1.87. The molecule has 2 aromatic carbocycles. The van der Waals surface area contributed by atoms with E-state index >= 15 is 0 Å². The molecule has 0 heterocycles. The highest BCUT2D eigenvalue weighted by Crippen LogP contribution is 2.12.